The van der Waals surface area contributed by atoms with Crippen LogP contribution in [0.2, 0.25) is 0 Å². The Morgan fingerprint density at radius 3 is 2.38 bits per heavy atom. The highest BCUT2D eigenvalue weighted by Crippen LogP contribution is 2.27. The molecule has 0 aliphatic heterocycles. The van der Waals surface area contributed by atoms with Crippen LogP contribution in [0.5, 0.6) is 0 Å². The molecule has 16 heavy (non-hydrogen) atoms. The third kappa shape index (κ3) is 3.34. The molecule has 0 aliphatic carbocycles. The summed E-state index contributed by atoms with van der Waals surface area (Å²) in [7, 11) is 0. The molecule has 1 rings (SSSR count). The number of rotatable bonds is 5. The van der Waals surface area contributed by atoms with Gasteiger partial charge in [-0.25, -0.2) is 0 Å². The molecule has 1 aromatic rings. The summed E-state index contributed by atoms with van der Waals surface area (Å²) in [5.74, 6) is 1.35. The van der Waals surface area contributed by atoms with Gasteiger partial charge in [0, 0.05) is 6.04 Å². The van der Waals surface area contributed by atoms with E-state index in [0.29, 0.717) is 17.9 Å². The average molecular weight is 219 g/mol. The molecule has 1 N–H and O–H groups in total. The van der Waals surface area contributed by atoms with Crippen LogP contribution in [-0.2, 0) is 0 Å². The molecule has 0 bridgehead atoms. The first kappa shape index (κ1) is 13.2. The van der Waals surface area contributed by atoms with Crippen molar-refractivity contribution in [3.05, 3.63) is 35.4 Å². The van der Waals surface area contributed by atoms with Gasteiger partial charge < -0.3 is 5.32 Å². The van der Waals surface area contributed by atoms with E-state index in [1.807, 2.05) is 0 Å². The molecule has 1 heteroatoms. The summed E-state index contributed by atoms with van der Waals surface area (Å²) in [6.45, 7) is 12.3. The summed E-state index contributed by atoms with van der Waals surface area (Å²) >= 11 is 0. The molecule has 0 fully saturated rings. The van der Waals surface area contributed by atoms with Gasteiger partial charge in [0.05, 0.1) is 0 Å². The number of hydrogen-bond acceptors (Lipinski definition) is 1. The fourth-order valence-corrected chi connectivity index (χ4v) is 2.08. The minimum atomic E-state index is 0.477. The zero-order valence-corrected chi connectivity index (χ0v) is 11.2. The second-order valence-electron chi connectivity index (χ2n) is 5.05. The van der Waals surface area contributed by atoms with Crippen molar-refractivity contribution in [2.75, 3.05) is 6.54 Å². The Labute approximate surface area is 100 Å². The topological polar surface area (TPSA) is 12.0 Å². The van der Waals surface area contributed by atoms with Gasteiger partial charge in [-0.1, -0.05) is 57.5 Å². The first-order valence-electron chi connectivity index (χ1n) is 6.36. The molecule has 0 radical (unpaired) electrons. The zero-order valence-electron chi connectivity index (χ0n) is 11.2. The van der Waals surface area contributed by atoms with E-state index in [1.54, 1.807) is 0 Å². The second kappa shape index (κ2) is 6.05. The third-order valence-electron chi connectivity index (χ3n) is 3.40. The number of hydrogen-bond donors (Lipinski definition) is 1. The lowest BCUT2D eigenvalue weighted by molar-refractivity contribution is 0.307. The average Bonchev–Trinajstić information content (AvgIpc) is 2.24. The molecular formula is C15H25N. The normalized spacial score (nSPS) is 15.1. The number of aryl methyl sites for hydroxylation is 1. The van der Waals surface area contributed by atoms with Crippen LogP contribution >= 0.6 is 0 Å². The molecule has 0 aromatic heterocycles. The quantitative estimate of drug-likeness (QED) is 0.791. The first-order chi connectivity index (χ1) is 7.56. The molecule has 0 spiro atoms. The summed E-state index contributed by atoms with van der Waals surface area (Å²) < 4.78 is 0. The number of benzene rings is 1. The van der Waals surface area contributed by atoms with Crippen LogP contribution in [-0.4, -0.2) is 6.54 Å². The summed E-state index contributed by atoms with van der Waals surface area (Å²) in [6, 6.07) is 9.32. The Balaban J connectivity index is 2.93. The maximum Gasteiger partial charge on any atom is 0.0348 e. The van der Waals surface area contributed by atoms with Gasteiger partial charge in [0.1, 0.15) is 0 Å². The van der Waals surface area contributed by atoms with Crippen LogP contribution in [0.15, 0.2) is 24.3 Å². The lowest BCUT2D eigenvalue weighted by Crippen LogP contribution is -2.29. The van der Waals surface area contributed by atoms with Gasteiger partial charge in [-0.3, -0.25) is 0 Å². The van der Waals surface area contributed by atoms with Crippen molar-refractivity contribution < 1.29 is 0 Å². The van der Waals surface area contributed by atoms with Crippen molar-refractivity contribution in [2.24, 2.45) is 11.8 Å². The van der Waals surface area contributed by atoms with Crippen molar-refractivity contribution in [3.63, 3.8) is 0 Å². The maximum atomic E-state index is 3.61. The summed E-state index contributed by atoms with van der Waals surface area (Å²) in [5, 5.41) is 3.61. The first-order valence-corrected chi connectivity index (χ1v) is 6.36. The fourth-order valence-electron chi connectivity index (χ4n) is 2.08. The molecule has 2 atom stereocenters. The lowest BCUT2D eigenvalue weighted by Gasteiger charge is -2.28. The van der Waals surface area contributed by atoms with Gasteiger partial charge in [0.15, 0.2) is 0 Å². The molecule has 0 amide bonds. The van der Waals surface area contributed by atoms with Crippen LogP contribution in [0.25, 0.3) is 0 Å². The third-order valence-corrected chi connectivity index (χ3v) is 3.40. The predicted octanol–water partition coefficient (Wildman–Crippen LogP) is 3.94. The van der Waals surface area contributed by atoms with Crippen molar-refractivity contribution in [1.82, 2.24) is 5.32 Å². The molecule has 0 saturated carbocycles. The lowest BCUT2D eigenvalue weighted by atomic mass is 9.85. The second-order valence-corrected chi connectivity index (χ2v) is 5.05. The van der Waals surface area contributed by atoms with Crippen LogP contribution < -0.4 is 5.32 Å². The smallest absolute Gasteiger partial charge is 0.0348 e. The molecule has 0 saturated heterocycles. The van der Waals surface area contributed by atoms with E-state index in [4.69, 9.17) is 0 Å². The highest BCUT2D eigenvalue weighted by Gasteiger charge is 2.20. The standard InChI is InChI=1S/C15H25N/c1-6-16-15(13(5)11(2)3)14-9-7-8-12(4)10-14/h7-11,13,15-16H,6H2,1-5H3. The van der Waals surface area contributed by atoms with E-state index in [-0.39, 0.29) is 0 Å². The summed E-state index contributed by atoms with van der Waals surface area (Å²) in [4.78, 5) is 0. The molecule has 2 unspecified atom stereocenters. The Morgan fingerprint density at radius 1 is 1.19 bits per heavy atom. The Bertz CT molecular complexity index is 317. The van der Waals surface area contributed by atoms with Crippen LogP contribution in [0, 0.1) is 18.8 Å². The van der Waals surface area contributed by atoms with Gasteiger partial charge in [-0.2, -0.15) is 0 Å². The van der Waals surface area contributed by atoms with Gasteiger partial charge in [0.25, 0.3) is 0 Å². The molecular weight excluding hydrogens is 194 g/mol. The molecule has 90 valence electrons. The van der Waals surface area contributed by atoms with Gasteiger partial charge in [-0.15, -0.1) is 0 Å². The van der Waals surface area contributed by atoms with E-state index in [1.165, 1.54) is 11.1 Å². The van der Waals surface area contributed by atoms with E-state index in [2.05, 4.69) is 64.2 Å². The van der Waals surface area contributed by atoms with Gasteiger partial charge in [0.2, 0.25) is 0 Å². The zero-order chi connectivity index (χ0) is 12.1. The monoisotopic (exact) mass is 219 g/mol. The van der Waals surface area contributed by atoms with Gasteiger partial charge in [-0.05, 0) is 30.9 Å². The Morgan fingerprint density at radius 2 is 1.88 bits per heavy atom. The molecule has 1 aromatic carbocycles. The number of nitrogens with one attached hydrogen (secondary N) is 1. The molecule has 1 nitrogen and oxygen atoms in total. The van der Waals surface area contributed by atoms with E-state index in [0.717, 1.165) is 6.54 Å². The van der Waals surface area contributed by atoms with Crippen molar-refractivity contribution in [1.29, 1.82) is 0 Å². The van der Waals surface area contributed by atoms with Crippen LogP contribution in [0.1, 0.15) is 44.9 Å². The Hall–Kier alpha value is -0.820. The van der Waals surface area contributed by atoms with E-state index < -0.39 is 0 Å². The summed E-state index contributed by atoms with van der Waals surface area (Å²) in [5.41, 5.74) is 2.76. The largest absolute Gasteiger partial charge is 0.310 e. The Kier molecular flexibility index (Phi) is 5.01. The van der Waals surface area contributed by atoms with Crippen molar-refractivity contribution in [3.8, 4) is 0 Å². The van der Waals surface area contributed by atoms with Crippen LogP contribution in [0.4, 0.5) is 0 Å². The minimum Gasteiger partial charge on any atom is -0.310 e. The van der Waals surface area contributed by atoms with E-state index >= 15 is 0 Å². The summed E-state index contributed by atoms with van der Waals surface area (Å²) in [6.07, 6.45) is 0. The van der Waals surface area contributed by atoms with Gasteiger partial charge >= 0.3 is 0 Å². The molecule has 0 aliphatic rings. The highest BCUT2D eigenvalue weighted by atomic mass is 14.9. The molecule has 0 heterocycles. The predicted molar refractivity (Wildman–Crippen MR) is 71.6 cm³/mol. The van der Waals surface area contributed by atoms with Crippen molar-refractivity contribution in [2.45, 2.75) is 40.7 Å². The minimum absolute atomic E-state index is 0.477. The van der Waals surface area contributed by atoms with Crippen LogP contribution in [0.3, 0.4) is 0 Å². The van der Waals surface area contributed by atoms with Crippen molar-refractivity contribution >= 4 is 0 Å². The highest BCUT2D eigenvalue weighted by molar-refractivity contribution is 5.25. The SMILES string of the molecule is CCNC(c1cccc(C)c1)C(C)C(C)C. The maximum absolute atomic E-state index is 3.61. The fraction of sp³-hybridized carbons (Fsp3) is 0.600. The van der Waals surface area contributed by atoms with E-state index in [9.17, 15) is 0 Å².